The average Bonchev–Trinajstić information content (AvgIpc) is 2.49. The fourth-order valence-corrected chi connectivity index (χ4v) is 2.62. The van der Waals surface area contributed by atoms with E-state index in [1.54, 1.807) is 0 Å². The number of carbonyl (C=O) groups is 1. The van der Waals surface area contributed by atoms with Gasteiger partial charge in [0.1, 0.15) is 5.75 Å². The summed E-state index contributed by atoms with van der Waals surface area (Å²) in [6, 6.07) is 10.3. The number of aromatic hydroxyl groups is 1. The first kappa shape index (κ1) is 13.9. The van der Waals surface area contributed by atoms with Gasteiger partial charge >= 0.3 is 0 Å². The third-order valence-electron chi connectivity index (χ3n) is 3.55. The highest BCUT2D eigenvalue weighted by Gasteiger charge is 2.14. The summed E-state index contributed by atoms with van der Waals surface area (Å²) in [5, 5.41) is 16.2. The molecule has 1 amide bonds. The summed E-state index contributed by atoms with van der Waals surface area (Å²) in [5.41, 5.74) is 3.37. The number of anilines is 1. The van der Waals surface area contributed by atoms with Crippen LogP contribution in [-0.2, 0) is 13.0 Å². The van der Waals surface area contributed by atoms with Crippen LogP contribution in [-0.4, -0.2) is 17.6 Å². The van der Waals surface area contributed by atoms with Crippen LogP contribution >= 0.6 is 11.6 Å². The number of fused-ring (bicyclic) bond motifs is 1. The molecule has 0 spiro atoms. The van der Waals surface area contributed by atoms with Crippen LogP contribution in [0.1, 0.15) is 21.5 Å². The molecule has 3 N–H and O–H groups in total. The molecule has 4 nitrogen and oxygen atoms in total. The highest BCUT2D eigenvalue weighted by atomic mass is 35.5. The predicted octanol–water partition coefficient (Wildman–Crippen LogP) is 2.94. The Morgan fingerprint density at radius 1 is 1.19 bits per heavy atom. The molecule has 0 radical (unpaired) electrons. The van der Waals surface area contributed by atoms with E-state index in [0.717, 1.165) is 19.5 Å². The maximum Gasteiger partial charge on any atom is 0.259 e. The molecule has 0 saturated heterocycles. The summed E-state index contributed by atoms with van der Waals surface area (Å²) in [4.78, 5) is 12.2. The van der Waals surface area contributed by atoms with E-state index >= 15 is 0 Å². The molecule has 108 valence electrons. The SMILES string of the molecule is O=C(Nc1ccc2c(c1)CNCC2)c1cc(Cl)ccc1O. The average molecular weight is 303 g/mol. The Morgan fingerprint density at radius 3 is 2.90 bits per heavy atom. The summed E-state index contributed by atoms with van der Waals surface area (Å²) < 4.78 is 0. The minimum Gasteiger partial charge on any atom is -0.507 e. The van der Waals surface area contributed by atoms with Crippen molar-refractivity contribution in [3.63, 3.8) is 0 Å². The van der Waals surface area contributed by atoms with Crippen molar-refractivity contribution in [2.75, 3.05) is 11.9 Å². The third-order valence-corrected chi connectivity index (χ3v) is 3.79. The van der Waals surface area contributed by atoms with Crippen molar-refractivity contribution in [2.24, 2.45) is 0 Å². The van der Waals surface area contributed by atoms with Crippen molar-refractivity contribution in [3.05, 3.63) is 58.1 Å². The molecule has 2 aromatic rings. The molecule has 0 atom stereocenters. The van der Waals surface area contributed by atoms with Gasteiger partial charge in [0, 0.05) is 17.3 Å². The van der Waals surface area contributed by atoms with Gasteiger partial charge in [0.25, 0.3) is 5.91 Å². The summed E-state index contributed by atoms with van der Waals surface area (Å²) in [6.45, 7) is 1.79. The predicted molar refractivity (Wildman–Crippen MR) is 82.9 cm³/mol. The number of amides is 1. The van der Waals surface area contributed by atoms with E-state index in [0.29, 0.717) is 10.7 Å². The second kappa shape index (κ2) is 5.76. The molecule has 0 unspecified atom stereocenters. The molecule has 1 aliphatic heterocycles. The molecular formula is C16H15ClN2O2. The Labute approximate surface area is 127 Å². The van der Waals surface area contributed by atoms with Gasteiger partial charge in [0.15, 0.2) is 0 Å². The Morgan fingerprint density at radius 2 is 2.05 bits per heavy atom. The van der Waals surface area contributed by atoms with Crippen molar-refractivity contribution in [1.82, 2.24) is 5.32 Å². The van der Waals surface area contributed by atoms with E-state index in [9.17, 15) is 9.90 Å². The Kier molecular flexibility index (Phi) is 3.82. The lowest BCUT2D eigenvalue weighted by atomic mass is 10.0. The zero-order valence-electron chi connectivity index (χ0n) is 11.3. The van der Waals surface area contributed by atoms with Crippen molar-refractivity contribution in [3.8, 4) is 5.75 Å². The molecule has 1 heterocycles. The number of rotatable bonds is 2. The Balaban J connectivity index is 1.83. The first-order chi connectivity index (χ1) is 10.1. The topological polar surface area (TPSA) is 61.4 Å². The van der Waals surface area contributed by atoms with E-state index < -0.39 is 0 Å². The van der Waals surface area contributed by atoms with Crippen molar-refractivity contribution < 1.29 is 9.90 Å². The summed E-state index contributed by atoms with van der Waals surface area (Å²) in [5.74, 6) is -0.463. The molecule has 2 aromatic carbocycles. The normalized spacial score (nSPS) is 13.6. The number of halogens is 1. The van der Waals surface area contributed by atoms with Crippen LogP contribution in [0.25, 0.3) is 0 Å². The lowest BCUT2D eigenvalue weighted by molar-refractivity contribution is 0.102. The number of phenols is 1. The van der Waals surface area contributed by atoms with Crippen LogP contribution in [0.2, 0.25) is 5.02 Å². The van der Waals surface area contributed by atoms with Gasteiger partial charge in [-0.15, -0.1) is 0 Å². The maximum absolute atomic E-state index is 12.2. The zero-order valence-corrected chi connectivity index (χ0v) is 12.1. The number of phenolic OH excluding ortho intramolecular Hbond substituents is 1. The highest BCUT2D eigenvalue weighted by molar-refractivity contribution is 6.31. The zero-order chi connectivity index (χ0) is 14.8. The van der Waals surface area contributed by atoms with Gasteiger partial charge < -0.3 is 15.7 Å². The van der Waals surface area contributed by atoms with Crippen LogP contribution < -0.4 is 10.6 Å². The number of hydrogen-bond acceptors (Lipinski definition) is 3. The van der Waals surface area contributed by atoms with Gasteiger partial charge in [0.2, 0.25) is 0 Å². The van der Waals surface area contributed by atoms with E-state index in [-0.39, 0.29) is 17.2 Å². The van der Waals surface area contributed by atoms with E-state index in [2.05, 4.69) is 10.6 Å². The van der Waals surface area contributed by atoms with E-state index in [1.165, 1.54) is 29.3 Å². The maximum atomic E-state index is 12.2. The Bertz CT molecular complexity index is 701. The largest absolute Gasteiger partial charge is 0.507 e. The first-order valence-electron chi connectivity index (χ1n) is 6.76. The Hall–Kier alpha value is -2.04. The van der Waals surface area contributed by atoms with E-state index in [4.69, 9.17) is 11.6 Å². The summed E-state index contributed by atoms with van der Waals surface area (Å²) in [7, 11) is 0. The molecule has 5 heteroatoms. The molecule has 0 saturated carbocycles. The molecule has 3 rings (SSSR count). The second-order valence-corrected chi connectivity index (χ2v) is 5.46. The second-order valence-electron chi connectivity index (χ2n) is 5.03. The lowest BCUT2D eigenvalue weighted by Crippen LogP contribution is -2.23. The minimum absolute atomic E-state index is 0.0865. The molecule has 21 heavy (non-hydrogen) atoms. The summed E-state index contributed by atoms with van der Waals surface area (Å²) in [6.07, 6.45) is 0.999. The fraction of sp³-hybridized carbons (Fsp3) is 0.188. The first-order valence-corrected chi connectivity index (χ1v) is 7.13. The third kappa shape index (κ3) is 3.01. The standard InChI is InChI=1S/C16H15ClN2O2/c17-12-2-4-15(20)14(8-12)16(21)19-13-3-1-10-5-6-18-9-11(10)7-13/h1-4,7-8,18,20H,5-6,9H2,(H,19,21). The lowest BCUT2D eigenvalue weighted by Gasteiger charge is -2.18. The van der Waals surface area contributed by atoms with Crippen molar-refractivity contribution in [1.29, 1.82) is 0 Å². The quantitative estimate of drug-likeness (QED) is 0.799. The number of carbonyl (C=O) groups excluding carboxylic acids is 1. The van der Waals surface area contributed by atoms with Crippen LogP contribution in [0.5, 0.6) is 5.75 Å². The monoisotopic (exact) mass is 302 g/mol. The van der Waals surface area contributed by atoms with Crippen LogP contribution in [0.4, 0.5) is 5.69 Å². The van der Waals surface area contributed by atoms with Crippen LogP contribution in [0, 0.1) is 0 Å². The van der Waals surface area contributed by atoms with Gasteiger partial charge in [-0.2, -0.15) is 0 Å². The van der Waals surface area contributed by atoms with Crippen molar-refractivity contribution in [2.45, 2.75) is 13.0 Å². The summed E-state index contributed by atoms with van der Waals surface area (Å²) >= 11 is 5.86. The van der Waals surface area contributed by atoms with Gasteiger partial charge in [-0.1, -0.05) is 17.7 Å². The number of nitrogens with one attached hydrogen (secondary N) is 2. The van der Waals surface area contributed by atoms with Crippen molar-refractivity contribution >= 4 is 23.2 Å². The molecule has 0 bridgehead atoms. The number of hydrogen-bond donors (Lipinski definition) is 3. The smallest absolute Gasteiger partial charge is 0.259 e. The van der Waals surface area contributed by atoms with Gasteiger partial charge in [-0.25, -0.2) is 0 Å². The molecule has 1 aliphatic rings. The van der Waals surface area contributed by atoms with E-state index in [1.807, 2.05) is 18.2 Å². The van der Waals surface area contributed by atoms with Crippen LogP contribution in [0.15, 0.2) is 36.4 Å². The van der Waals surface area contributed by atoms with Gasteiger partial charge in [-0.05, 0) is 54.4 Å². The highest BCUT2D eigenvalue weighted by Crippen LogP contribution is 2.24. The fourth-order valence-electron chi connectivity index (χ4n) is 2.45. The van der Waals surface area contributed by atoms with Gasteiger partial charge in [0.05, 0.1) is 5.56 Å². The van der Waals surface area contributed by atoms with Crippen LogP contribution in [0.3, 0.4) is 0 Å². The molecule has 0 fully saturated rings. The molecule has 0 aliphatic carbocycles. The number of benzene rings is 2. The minimum atomic E-state index is -0.376. The molecule has 0 aromatic heterocycles. The molecular weight excluding hydrogens is 288 g/mol. The van der Waals surface area contributed by atoms with Gasteiger partial charge in [-0.3, -0.25) is 4.79 Å².